The lowest BCUT2D eigenvalue weighted by Gasteiger charge is -2.19. The molecule has 2 rings (SSSR count). The van der Waals surface area contributed by atoms with Crippen molar-refractivity contribution in [1.29, 1.82) is 0 Å². The van der Waals surface area contributed by atoms with Gasteiger partial charge in [0.05, 0.1) is 0 Å². The van der Waals surface area contributed by atoms with Gasteiger partial charge in [0.25, 0.3) is 0 Å². The highest BCUT2D eigenvalue weighted by molar-refractivity contribution is 5.67. The number of carboxylic acids is 1. The van der Waals surface area contributed by atoms with Crippen LogP contribution in [-0.4, -0.2) is 21.3 Å². The first-order valence-corrected chi connectivity index (χ1v) is 7.19. The molecule has 4 heteroatoms. The average molecular weight is 300 g/mol. The molecule has 4 nitrogen and oxygen atoms in total. The molecular weight excluding hydrogens is 280 g/mol. The molecule has 3 N–H and O–H groups in total. The van der Waals surface area contributed by atoms with E-state index in [4.69, 9.17) is 5.11 Å². The lowest BCUT2D eigenvalue weighted by molar-refractivity contribution is -0.137. The van der Waals surface area contributed by atoms with Gasteiger partial charge < -0.3 is 15.3 Å². The zero-order valence-corrected chi connectivity index (χ0v) is 12.7. The van der Waals surface area contributed by atoms with Crippen molar-refractivity contribution in [2.75, 3.05) is 0 Å². The molecule has 0 aliphatic carbocycles. The van der Waals surface area contributed by atoms with Gasteiger partial charge in [-0.2, -0.15) is 0 Å². The van der Waals surface area contributed by atoms with Crippen molar-refractivity contribution < 1.29 is 20.1 Å². The normalized spacial score (nSPS) is 10.9. The first-order valence-electron chi connectivity index (χ1n) is 7.19. The van der Waals surface area contributed by atoms with E-state index in [1.807, 2.05) is 38.1 Å². The predicted molar refractivity (Wildman–Crippen MR) is 84.4 cm³/mol. The molecule has 0 fully saturated rings. The quantitative estimate of drug-likeness (QED) is 0.786. The molecule has 0 saturated carbocycles. The van der Waals surface area contributed by atoms with E-state index in [-0.39, 0.29) is 23.8 Å². The van der Waals surface area contributed by atoms with E-state index < -0.39 is 5.97 Å². The number of aliphatic carboxylic acids is 1. The van der Waals surface area contributed by atoms with E-state index in [0.29, 0.717) is 6.42 Å². The standard InChI is InChI=1S/C18H20O4/c1-11-9-13(3-6-16(11)19)15(5-8-18(21)22)14-4-7-17(20)12(2)10-14/h3-4,6-7,9-10,15,19-20H,5,8H2,1-2H3,(H,21,22). The molecule has 0 bridgehead atoms. The van der Waals surface area contributed by atoms with Gasteiger partial charge in [-0.1, -0.05) is 24.3 Å². The number of benzene rings is 2. The summed E-state index contributed by atoms with van der Waals surface area (Å²) in [5, 5.41) is 28.3. The van der Waals surface area contributed by atoms with Crippen molar-refractivity contribution in [3.8, 4) is 11.5 Å². The Morgan fingerprint density at radius 2 is 1.41 bits per heavy atom. The van der Waals surface area contributed by atoms with E-state index in [1.54, 1.807) is 12.1 Å². The third-order valence-corrected chi connectivity index (χ3v) is 3.89. The van der Waals surface area contributed by atoms with E-state index >= 15 is 0 Å². The monoisotopic (exact) mass is 300 g/mol. The minimum absolute atomic E-state index is 0.0600. The topological polar surface area (TPSA) is 77.8 Å². The Balaban J connectivity index is 2.42. The minimum Gasteiger partial charge on any atom is -0.508 e. The van der Waals surface area contributed by atoms with E-state index in [1.165, 1.54) is 0 Å². The number of rotatable bonds is 5. The molecule has 0 amide bonds. The lowest BCUT2D eigenvalue weighted by atomic mass is 9.86. The minimum atomic E-state index is -0.837. The van der Waals surface area contributed by atoms with Gasteiger partial charge in [-0.25, -0.2) is 0 Å². The van der Waals surface area contributed by atoms with Crippen LogP contribution in [0, 0.1) is 13.8 Å². The third-order valence-electron chi connectivity index (χ3n) is 3.89. The molecule has 0 atom stereocenters. The summed E-state index contributed by atoms with van der Waals surface area (Å²) < 4.78 is 0. The van der Waals surface area contributed by atoms with Crippen LogP contribution in [0.1, 0.15) is 41.0 Å². The van der Waals surface area contributed by atoms with Crippen molar-refractivity contribution in [1.82, 2.24) is 0 Å². The molecule has 0 unspecified atom stereocenters. The van der Waals surface area contributed by atoms with Gasteiger partial charge in [0.2, 0.25) is 0 Å². The van der Waals surface area contributed by atoms with Crippen LogP contribution in [0.15, 0.2) is 36.4 Å². The second-order valence-corrected chi connectivity index (χ2v) is 5.58. The fourth-order valence-corrected chi connectivity index (χ4v) is 2.58. The van der Waals surface area contributed by atoms with Crippen molar-refractivity contribution in [3.63, 3.8) is 0 Å². The number of carbonyl (C=O) groups is 1. The Hall–Kier alpha value is -2.49. The highest BCUT2D eigenvalue weighted by Crippen LogP contribution is 2.33. The molecular formula is C18H20O4. The zero-order chi connectivity index (χ0) is 16.3. The van der Waals surface area contributed by atoms with Gasteiger partial charge in [-0.3, -0.25) is 4.79 Å². The fraction of sp³-hybridized carbons (Fsp3) is 0.278. The molecule has 0 aliphatic heterocycles. The number of aryl methyl sites for hydroxylation is 2. The summed E-state index contributed by atoms with van der Waals surface area (Å²) >= 11 is 0. The Labute approximate surface area is 129 Å². The van der Waals surface area contributed by atoms with Gasteiger partial charge in [0.1, 0.15) is 11.5 Å². The highest BCUT2D eigenvalue weighted by Gasteiger charge is 2.17. The van der Waals surface area contributed by atoms with Crippen LogP contribution in [-0.2, 0) is 4.79 Å². The fourth-order valence-electron chi connectivity index (χ4n) is 2.58. The molecule has 0 saturated heterocycles. The number of phenols is 2. The smallest absolute Gasteiger partial charge is 0.303 e. The Kier molecular flexibility index (Phi) is 4.71. The maximum Gasteiger partial charge on any atom is 0.303 e. The Morgan fingerprint density at radius 3 is 1.77 bits per heavy atom. The van der Waals surface area contributed by atoms with Crippen molar-refractivity contribution in [2.24, 2.45) is 0 Å². The van der Waals surface area contributed by atoms with Gasteiger partial charge in [0.15, 0.2) is 0 Å². The summed E-state index contributed by atoms with van der Waals surface area (Å²) in [5.74, 6) is -0.476. The van der Waals surface area contributed by atoms with Crippen LogP contribution in [0.25, 0.3) is 0 Å². The van der Waals surface area contributed by atoms with Crippen LogP contribution >= 0.6 is 0 Å². The zero-order valence-electron chi connectivity index (χ0n) is 12.7. The molecule has 0 heterocycles. The van der Waals surface area contributed by atoms with E-state index in [0.717, 1.165) is 22.3 Å². The molecule has 22 heavy (non-hydrogen) atoms. The van der Waals surface area contributed by atoms with Gasteiger partial charge in [0, 0.05) is 12.3 Å². The van der Waals surface area contributed by atoms with Crippen LogP contribution in [0.5, 0.6) is 11.5 Å². The summed E-state index contributed by atoms with van der Waals surface area (Å²) in [5.41, 5.74) is 3.44. The van der Waals surface area contributed by atoms with Crippen molar-refractivity contribution in [2.45, 2.75) is 32.6 Å². The first-order chi connectivity index (χ1) is 10.4. The van der Waals surface area contributed by atoms with E-state index in [2.05, 4.69) is 0 Å². The number of hydrogen-bond acceptors (Lipinski definition) is 3. The first kappa shape index (κ1) is 15.9. The number of hydrogen-bond donors (Lipinski definition) is 3. The maximum atomic E-state index is 10.9. The Morgan fingerprint density at radius 1 is 0.955 bits per heavy atom. The molecule has 0 spiro atoms. The second kappa shape index (κ2) is 6.52. The second-order valence-electron chi connectivity index (χ2n) is 5.58. The number of carboxylic acid groups (broad SMARTS) is 1. The highest BCUT2D eigenvalue weighted by atomic mass is 16.4. The molecule has 0 aromatic heterocycles. The van der Waals surface area contributed by atoms with E-state index in [9.17, 15) is 15.0 Å². The van der Waals surface area contributed by atoms with Crippen LogP contribution in [0.2, 0.25) is 0 Å². The summed E-state index contributed by atoms with van der Waals surface area (Å²) in [6.45, 7) is 3.63. The average Bonchev–Trinajstić information content (AvgIpc) is 2.46. The summed E-state index contributed by atoms with van der Waals surface area (Å²) in [6, 6.07) is 10.7. The summed E-state index contributed by atoms with van der Waals surface area (Å²) in [4.78, 5) is 10.9. The van der Waals surface area contributed by atoms with Gasteiger partial charge in [-0.15, -0.1) is 0 Å². The number of phenolic OH excluding ortho intramolecular Hbond substituents is 2. The molecule has 0 aliphatic rings. The summed E-state index contributed by atoms with van der Waals surface area (Å²) in [6.07, 6.45) is 0.522. The largest absolute Gasteiger partial charge is 0.508 e. The van der Waals surface area contributed by atoms with Crippen LogP contribution in [0.3, 0.4) is 0 Å². The van der Waals surface area contributed by atoms with Crippen LogP contribution in [0.4, 0.5) is 0 Å². The summed E-state index contributed by atoms with van der Waals surface area (Å²) in [7, 11) is 0. The predicted octanol–water partition coefficient (Wildman–Crippen LogP) is 3.71. The maximum absolute atomic E-state index is 10.9. The lowest BCUT2D eigenvalue weighted by Crippen LogP contribution is -2.06. The molecule has 116 valence electrons. The molecule has 2 aromatic rings. The van der Waals surface area contributed by atoms with Gasteiger partial charge >= 0.3 is 5.97 Å². The van der Waals surface area contributed by atoms with Crippen LogP contribution < -0.4 is 0 Å². The van der Waals surface area contributed by atoms with Crippen molar-refractivity contribution >= 4 is 5.97 Å². The number of aromatic hydroxyl groups is 2. The van der Waals surface area contributed by atoms with Gasteiger partial charge in [-0.05, 0) is 54.7 Å². The Bertz CT molecular complexity index is 640. The molecule has 2 aromatic carbocycles. The SMILES string of the molecule is Cc1cc(C(CCC(=O)O)c2ccc(O)c(C)c2)ccc1O. The van der Waals surface area contributed by atoms with Crippen molar-refractivity contribution in [3.05, 3.63) is 58.7 Å². The molecule has 0 radical (unpaired) electrons. The third kappa shape index (κ3) is 3.58.